The number of hydrogen-bond acceptors (Lipinski definition) is 3. The molecule has 0 saturated carbocycles. The molecular formula is C10H22N2O2S. The number of nitrogens with one attached hydrogen (secondary N) is 2. The summed E-state index contributed by atoms with van der Waals surface area (Å²) in [7, 11) is -0.750. The fraction of sp³-hybridized carbons (Fsp3) is 0.900. The van der Waals surface area contributed by atoms with Gasteiger partial charge in [-0.1, -0.05) is 0 Å². The van der Waals surface area contributed by atoms with Gasteiger partial charge in [0.2, 0.25) is 5.91 Å². The normalized spacial score (nSPS) is 15.0. The smallest absolute Gasteiger partial charge is 0.234 e. The van der Waals surface area contributed by atoms with E-state index in [4.69, 9.17) is 0 Å². The second-order valence-corrected chi connectivity index (χ2v) is 5.62. The lowest BCUT2D eigenvalue weighted by Crippen LogP contribution is -2.40. The van der Waals surface area contributed by atoms with Crippen molar-refractivity contribution < 1.29 is 9.00 Å². The third-order valence-corrected chi connectivity index (χ3v) is 2.71. The van der Waals surface area contributed by atoms with E-state index in [-0.39, 0.29) is 18.0 Å². The van der Waals surface area contributed by atoms with E-state index >= 15 is 0 Å². The predicted octanol–water partition coefficient (Wildman–Crippen LogP) is 0.258. The van der Waals surface area contributed by atoms with Gasteiger partial charge >= 0.3 is 0 Å². The van der Waals surface area contributed by atoms with Crippen LogP contribution in [0, 0.1) is 0 Å². The summed E-state index contributed by atoms with van der Waals surface area (Å²) in [6.45, 7) is 6.19. The first kappa shape index (κ1) is 14.6. The van der Waals surface area contributed by atoms with Gasteiger partial charge in [-0.3, -0.25) is 9.00 Å². The van der Waals surface area contributed by atoms with Crippen LogP contribution in [0.3, 0.4) is 0 Å². The van der Waals surface area contributed by atoms with Gasteiger partial charge in [-0.05, 0) is 27.2 Å². The van der Waals surface area contributed by atoms with Gasteiger partial charge in [-0.2, -0.15) is 0 Å². The molecule has 0 aromatic carbocycles. The summed E-state index contributed by atoms with van der Waals surface area (Å²) in [6, 6.07) is 0.407. The van der Waals surface area contributed by atoms with E-state index in [1.165, 1.54) is 0 Å². The van der Waals surface area contributed by atoms with E-state index in [1.54, 1.807) is 6.26 Å². The third-order valence-electron chi connectivity index (χ3n) is 1.90. The lowest BCUT2D eigenvalue weighted by Gasteiger charge is -2.14. The maximum absolute atomic E-state index is 11.3. The monoisotopic (exact) mass is 234 g/mol. The SMILES string of the molecule is CC(C)NC(=O)CNC(C)CCS(C)=O. The third kappa shape index (κ3) is 9.87. The van der Waals surface area contributed by atoms with E-state index < -0.39 is 10.8 Å². The van der Waals surface area contributed by atoms with Crippen molar-refractivity contribution in [2.75, 3.05) is 18.6 Å². The van der Waals surface area contributed by atoms with Crippen LogP contribution in [-0.2, 0) is 15.6 Å². The zero-order valence-electron chi connectivity index (χ0n) is 10.0. The lowest BCUT2D eigenvalue weighted by atomic mass is 10.2. The highest BCUT2D eigenvalue weighted by molar-refractivity contribution is 7.84. The van der Waals surface area contributed by atoms with Gasteiger partial charge in [0.15, 0.2) is 0 Å². The molecule has 0 aromatic rings. The predicted molar refractivity (Wildman–Crippen MR) is 64.3 cm³/mol. The average Bonchev–Trinajstić information content (AvgIpc) is 2.10. The molecule has 0 spiro atoms. The molecule has 0 aliphatic rings. The quantitative estimate of drug-likeness (QED) is 0.664. The number of carbonyl (C=O) groups excluding carboxylic acids is 1. The van der Waals surface area contributed by atoms with Gasteiger partial charge in [0.05, 0.1) is 6.54 Å². The first-order valence-corrected chi connectivity index (χ1v) is 6.97. The summed E-state index contributed by atoms with van der Waals surface area (Å²) in [6.07, 6.45) is 2.52. The molecule has 0 aliphatic carbocycles. The van der Waals surface area contributed by atoms with E-state index in [0.29, 0.717) is 12.3 Å². The molecule has 0 bridgehead atoms. The van der Waals surface area contributed by atoms with Crippen molar-refractivity contribution in [3.8, 4) is 0 Å². The van der Waals surface area contributed by atoms with Crippen LogP contribution in [0.25, 0.3) is 0 Å². The van der Waals surface area contributed by atoms with Crippen LogP contribution < -0.4 is 10.6 Å². The largest absolute Gasteiger partial charge is 0.353 e. The summed E-state index contributed by atoms with van der Waals surface area (Å²) in [5.74, 6) is 0.689. The zero-order chi connectivity index (χ0) is 11.8. The average molecular weight is 234 g/mol. The van der Waals surface area contributed by atoms with Crippen LogP contribution in [-0.4, -0.2) is 40.8 Å². The second kappa shape index (κ2) is 7.82. The number of carbonyl (C=O) groups is 1. The molecule has 0 heterocycles. The van der Waals surface area contributed by atoms with Crippen molar-refractivity contribution in [2.24, 2.45) is 0 Å². The molecule has 1 amide bonds. The standard InChI is InChI=1S/C10H22N2O2S/c1-8(2)12-10(13)7-11-9(3)5-6-15(4)14/h8-9,11H,5-7H2,1-4H3,(H,12,13). The van der Waals surface area contributed by atoms with Crippen molar-refractivity contribution in [3.05, 3.63) is 0 Å². The Hall–Kier alpha value is -0.420. The molecule has 2 unspecified atom stereocenters. The van der Waals surface area contributed by atoms with Gasteiger partial charge in [0.25, 0.3) is 0 Å². The Morgan fingerprint density at radius 2 is 1.93 bits per heavy atom. The van der Waals surface area contributed by atoms with Gasteiger partial charge in [-0.25, -0.2) is 0 Å². The molecule has 0 aromatic heterocycles. The molecule has 15 heavy (non-hydrogen) atoms. The Bertz CT molecular complexity index is 219. The molecular weight excluding hydrogens is 212 g/mol. The number of rotatable bonds is 7. The molecule has 2 atom stereocenters. The highest BCUT2D eigenvalue weighted by Gasteiger charge is 2.06. The van der Waals surface area contributed by atoms with Crippen LogP contribution >= 0.6 is 0 Å². The lowest BCUT2D eigenvalue weighted by molar-refractivity contribution is -0.120. The molecule has 0 fully saturated rings. The van der Waals surface area contributed by atoms with E-state index in [1.807, 2.05) is 20.8 Å². The summed E-state index contributed by atoms with van der Waals surface area (Å²) in [5.41, 5.74) is 0. The fourth-order valence-electron chi connectivity index (χ4n) is 1.08. The Morgan fingerprint density at radius 3 is 2.40 bits per heavy atom. The van der Waals surface area contributed by atoms with E-state index in [9.17, 15) is 9.00 Å². The van der Waals surface area contributed by atoms with Crippen LogP contribution in [0.15, 0.2) is 0 Å². The maximum Gasteiger partial charge on any atom is 0.234 e. The van der Waals surface area contributed by atoms with Crippen LogP contribution in [0.2, 0.25) is 0 Å². The molecule has 0 radical (unpaired) electrons. The molecule has 2 N–H and O–H groups in total. The van der Waals surface area contributed by atoms with Crippen LogP contribution in [0.1, 0.15) is 27.2 Å². The minimum atomic E-state index is -0.750. The number of hydrogen-bond donors (Lipinski definition) is 2. The van der Waals surface area contributed by atoms with Gasteiger partial charge in [0, 0.05) is 34.9 Å². The summed E-state index contributed by atoms with van der Waals surface area (Å²) in [5, 5.41) is 5.90. The Labute approximate surface area is 94.7 Å². The Morgan fingerprint density at radius 1 is 1.33 bits per heavy atom. The molecule has 0 saturated heterocycles. The van der Waals surface area contributed by atoms with Crippen molar-refractivity contribution in [1.29, 1.82) is 0 Å². The van der Waals surface area contributed by atoms with E-state index in [2.05, 4.69) is 10.6 Å². The number of amides is 1. The van der Waals surface area contributed by atoms with Crippen LogP contribution in [0.5, 0.6) is 0 Å². The van der Waals surface area contributed by atoms with Gasteiger partial charge < -0.3 is 10.6 Å². The van der Waals surface area contributed by atoms with Gasteiger partial charge in [0.1, 0.15) is 0 Å². The molecule has 4 nitrogen and oxygen atoms in total. The topological polar surface area (TPSA) is 58.2 Å². The fourth-order valence-corrected chi connectivity index (χ4v) is 1.77. The van der Waals surface area contributed by atoms with Crippen molar-refractivity contribution in [3.63, 3.8) is 0 Å². The van der Waals surface area contributed by atoms with E-state index in [0.717, 1.165) is 6.42 Å². The summed E-state index contributed by atoms with van der Waals surface area (Å²) >= 11 is 0. The highest BCUT2D eigenvalue weighted by Crippen LogP contribution is 1.91. The Kier molecular flexibility index (Phi) is 7.60. The minimum Gasteiger partial charge on any atom is -0.353 e. The molecule has 0 aliphatic heterocycles. The molecule has 5 heteroatoms. The van der Waals surface area contributed by atoms with Crippen molar-refractivity contribution in [2.45, 2.75) is 39.3 Å². The zero-order valence-corrected chi connectivity index (χ0v) is 10.8. The van der Waals surface area contributed by atoms with Crippen LogP contribution in [0.4, 0.5) is 0 Å². The second-order valence-electron chi connectivity index (χ2n) is 4.07. The van der Waals surface area contributed by atoms with Crippen molar-refractivity contribution >= 4 is 16.7 Å². The molecule has 90 valence electrons. The maximum atomic E-state index is 11.3. The molecule has 0 rings (SSSR count). The minimum absolute atomic E-state index is 0.00877. The van der Waals surface area contributed by atoms with Crippen molar-refractivity contribution in [1.82, 2.24) is 10.6 Å². The first-order valence-electron chi connectivity index (χ1n) is 5.24. The Balaban J connectivity index is 3.57. The van der Waals surface area contributed by atoms with Gasteiger partial charge in [-0.15, -0.1) is 0 Å². The summed E-state index contributed by atoms with van der Waals surface area (Å²) < 4.78 is 10.8. The summed E-state index contributed by atoms with van der Waals surface area (Å²) in [4.78, 5) is 11.3. The highest BCUT2D eigenvalue weighted by atomic mass is 32.2. The first-order chi connectivity index (χ1) is 6.91.